The van der Waals surface area contributed by atoms with Crippen molar-refractivity contribution >= 4 is 17.3 Å². The zero-order valence-electron chi connectivity index (χ0n) is 9.04. The molecule has 1 N–H and O–H groups in total. The molecule has 0 spiro atoms. The number of aryl methyl sites for hydroxylation is 1. The maximum atomic E-state index is 11.0. The summed E-state index contributed by atoms with van der Waals surface area (Å²) in [5.41, 5.74) is 0. The van der Waals surface area contributed by atoms with Gasteiger partial charge in [0, 0.05) is 4.88 Å². The molecule has 0 aliphatic rings. The molecule has 7 heteroatoms. The van der Waals surface area contributed by atoms with Crippen molar-refractivity contribution < 1.29 is 19.2 Å². The van der Waals surface area contributed by atoms with Gasteiger partial charge in [0.1, 0.15) is 5.75 Å². The molecule has 0 fully saturated rings. The average Bonchev–Trinajstić information content (AvgIpc) is 2.95. The fraction of sp³-hybridized carbons (Fsp3) is 0.300. The number of hydrogen-bond acceptors (Lipinski definition) is 6. The van der Waals surface area contributed by atoms with Gasteiger partial charge in [0.2, 0.25) is 0 Å². The molecule has 0 aliphatic heterocycles. The quantitative estimate of drug-likeness (QED) is 0.877. The van der Waals surface area contributed by atoms with Gasteiger partial charge in [-0.1, -0.05) is 12.1 Å². The van der Waals surface area contributed by atoms with Gasteiger partial charge < -0.3 is 14.4 Å². The molecule has 90 valence electrons. The van der Waals surface area contributed by atoms with Crippen molar-refractivity contribution in [3.63, 3.8) is 0 Å². The number of rotatable bonds is 5. The van der Waals surface area contributed by atoms with E-state index in [1.165, 1.54) is 17.7 Å². The summed E-state index contributed by atoms with van der Waals surface area (Å²) in [6.07, 6.45) is 2.04. The fourth-order valence-corrected chi connectivity index (χ4v) is 2.13. The number of carboxylic acids is 1. The van der Waals surface area contributed by atoms with Crippen LogP contribution in [0.4, 0.5) is 0 Å². The normalized spacial score (nSPS) is 10.4. The minimum atomic E-state index is -0.991. The first-order valence-corrected chi connectivity index (χ1v) is 5.76. The number of aromatic carboxylic acids is 1. The second kappa shape index (κ2) is 4.96. The summed E-state index contributed by atoms with van der Waals surface area (Å²) >= 11 is 1.21. The number of carbonyl (C=O) groups is 1. The maximum absolute atomic E-state index is 11.0. The number of thiophene rings is 1. The highest BCUT2D eigenvalue weighted by atomic mass is 32.1. The van der Waals surface area contributed by atoms with E-state index in [1.807, 2.05) is 6.92 Å². The molecule has 0 saturated heterocycles. The molecule has 2 aromatic heterocycles. The van der Waals surface area contributed by atoms with Crippen molar-refractivity contribution in [3.05, 3.63) is 28.0 Å². The highest BCUT2D eigenvalue weighted by Crippen LogP contribution is 2.30. The highest BCUT2D eigenvalue weighted by Gasteiger charge is 2.16. The van der Waals surface area contributed by atoms with E-state index < -0.39 is 5.97 Å². The van der Waals surface area contributed by atoms with Gasteiger partial charge in [0.05, 0.1) is 0 Å². The second-order valence-corrected chi connectivity index (χ2v) is 4.33. The Kier molecular flexibility index (Phi) is 3.38. The molecule has 2 heterocycles. The van der Waals surface area contributed by atoms with Crippen molar-refractivity contribution in [2.75, 3.05) is 0 Å². The Hall–Kier alpha value is -1.89. The number of nitrogens with zero attached hydrogens (tertiary/aromatic N) is 2. The Labute approximate surface area is 101 Å². The van der Waals surface area contributed by atoms with Crippen LogP contribution in [0.3, 0.4) is 0 Å². The van der Waals surface area contributed by atoms with E-state index in [1.54, 1.807) is 6.07 Å². The monoisotopic (exact) mass is 254 g/mol. The van der Waals surface area contributed by atoms with Crippen LogP contribution in [0.25, 0.3) is 0 Å². The molecule has 0 radical (unpaired) electrons. The SMILES string of the molecule is CCc1cc(OCc2ncno2)c(C(=O)O)s1. The lowest BCUT2D eigenvalue weighted by Crippen LogP contribution is -2.00. The molecule has 0 aliphatic carbocycles. The van der Waals surface area contributed by atoms with Crippen LogP contribution in [-0.2, 0) is 13.0 Å². The Morgan fingerprint density at radius 3 is 3.06 bits per heavy atom. The predicted molar refractivity (Wildman–Crippen MR) is 59.3 cm³/mol. The summed E-state index contributed by atoms with van der Waals surface area (Å²) in [5.74, 6) is -0.335. The molecule has 2 aromatic rings. The Morgan fingerprint density at radius 1 is 1.65 bits per heavy atom. The summed E-state index contributed by atoms with van der Waals surface area (Å²) in [6, 6.07) is 1.73. The Balaban J connectivity index is 2.13. The summed E-state index contributed by atoms with van der Waals surface area (Å²) in [6.45, 7) is 2.03. The van der Waals surface area contributed by atoms with Crippen LogP contribution in [0, 0.1) is 0 Å². The minimum absolute atomic E-state index is 0.0696. The van der Waals surface area contributed by atoms with Crippen molar-refractivity contribution in [1.82, 2.24) is 10.1 Å². The predicted octanol–water partition coefficient (Wildman–Crippen LogP) is 1.97. The zero-order chi connectivity index (χ0) is 12.3. The largest absolute Gasteiger partial charge is 0.482 e. The Morgan fingerprint density at radius 2 is 2.47 bits per heavy atom. The third-order valence-electron chi connectivity index (χ3n) is 2.05. The first-order chi connectivity index (χ1) is 8.20. The van der Waals surface area contributed by atoms with Gasteiger partial charge in [-0.25, -0.2) is 4.79 Å². The van der Waals surface area contributed by atoms with E-state index in [9.17, 15) is 4.79 Å². The first kappa shape index (κ1) is 11.6. The molecular formula is C10H10N2O4S. The van der Waals surface area contributed by atoms with Crippen LogP contribution in [0.2, 0.25) is 0 Å². The molecule has 0 atom stereocenters. The number of hydrogen-bond donors (Lipinski definition) is 1. The third kappa shape index (κ3) is 2.62. The minimum Gasteiger partial charge on any atom is -0.482 e. The van der Waals surface area contributed by atoms with Crippen LogP contribution in [0.1, 0.15) is 27.4 Å². The van der Waals surface area contributed by atoms with Crippen molar-refractivity contribution in [1.29, 1.82) is 0 Å². The van der Waals surface area contributed by atoms with Gasteiger partial charge in [-0.15, -0.1) is 11.3 Å². The molecule has 17 heavy (non-hydrogen) atoms. The molecule has 0 saturated carbocycles. The van der Waals surface area contributed by atoms with E-state index in [2.05, 4.69) is 10.1 Å². The smallest absolute Gasteiger partial charge is 0.349 e. The van der Waals surface area contributed by atoms with Crippen LogP contribution in [-0.4, -0.2) is 21.2 Å². The van der Waals surface area contributed by atoms with Gasteiger partial charge in [-0.05, 0) is 12.5 Å². The fourth-order valence-electron chi connectivity index (χ4n) is 1.25. The van der Waals surface area contributed by atoms with Gasteiger partial charge in [0.25, 0.3) is 5.89 Å². The van der Waals surface area contributed by atoms with E-state index in [4.69, 9.17) is 14.4 Å². The lowest BCUT2D eigenvalue weighted by atomic mass is 10.3. The molecule has 0 aromatic carbocycles. The lowest BCUT2D eigenvalue weighted by Gasteiger charge is -2.00. The van der Waals surface area contributed by atoms with Gasteiger partial charge in [-0.3, -0.25) is 0 Å². The number of carboxylic acid groups (broad SMARTS) is 1. The molecule has 0 amide bonds. The topological polar surface area (TPSA) is 85.5 Å². The van der Waals surface area contributed by atoms with Crippen LogP contribution in [0.15, 0.2) is 16.9 Å². The molecule has 0 bridgehead atoms. The van der Waals surface area contributed by atoms with E-state index >= 15 is 0 Å². The van der Waals surface area contributed by atoms with Gasteiger partial charge in [-0.2, -0.15) is 4.98 Å². The number of aromatic nitrogens is 2. The molecule has 2 rings (SSSR count). The highest BCUT2D eigenvalue weighted by molar-refractivity contribution is 7.14. The van der Waals surface area contributed by atoms with Crippen LogP contribution in [0.5, 0.6) is 5.75 Å². The first-order valence-electron chi connectivity index (χ1n) is 4.95. The third-order valence-corrected chi connectivity index (χ3v) is 3.30. The second-order valence-electron chi connectivity index (χ2n) is 3.19. The van der Waals surface area contributed by atoms with Gasteiger partial charge >= 0.3 is 5.97 Å². The van der Waals surface area contributed by atoms with Crippen LogP contribution < -0.4 is 4.74 Å². The Bertz CT molecular complexity index is 506. The van der Waals surface area contributed by atoms with E-state index in [0.717, 1.165) is 11.3 Å². The molecule has 0 unspecified atom stereocenters. The number of ether oxygens (including phenoxy) is 1. The summed E-state index contributed by atoms with van der Waals surface area (Å²) in [7, 11) is 0. The standard InChI is InChI=1S/C10H10N2O4S/c1-2-6-3-7(9(17-6)10(13)14)15-4-8-11-5-12-16-8/h3,5H,2,4H2,1H3,(H,13,14). The molecule has 6 nitrogen and oxygen atoms in total. The lowest BCUT2D eigenvalue weighted by molar-refractivity contribution is 0.0697. The van der Waals surface area contributed by atoms with Crippen molar-refractivity contribution in [3.8, 4) is 5.75 Å². The molecular weight excluding hydrogens is 244 g/mol. The zero-order valence-corrected chi connectivity index (χ0v) is 9.86. The van der Waals surface area contributed by atoms with Gasteiger partial charge in [0.15, 0.2) is 17.8 Å². The van der Waals surface area contributed by atoms with Crippen molar-refractivity contribution in [2.24, 2.45) is 0 Å². The maximum Gasteiger partial charge on any atom is 0.349 e. The van der Waals surface area contributed by atoms with E-state index in [0.29, 0.717) is 11.6 Å². The van der Waals surface area contributed by atoms with E-state index in [-0.39, 0.29) is 11.5 Å². The van der Waals surface area contributed by atoms with Crippen LogP contribution >= 0.6 is 11.3 Å². The summed E-state index contributed by atoms with van der Waals surface area (Å²) in [4.78, 5) is 15.9. The van der Waals surface area contributed by atoms with Crippen molar-refractivity contribution in [2.45, 2.75) is 20.0 Å². The summed E-state index contributed by atoms with van der Waals surface area (Å²) in [5, 5.41) is 12.4. The summed E-state index contributed by atoms with van der Waals surface area (Å²) < 4.78 is 10.1. The average molecular weight is 254 g/mol.